The highest BCUT2D eigenvalue weighted by Crippen LogP contribution is 2.14. The van der Waals surface area contributed by atoms with Crippen LogP contribution in [0.25, 0.3) is 0 Å². The van der Waals surface area contributed by atoms with Gasteiger partial charge in [0.25, 0.3) is 0 Å². The molecule has 1 unspecified atom stereocenters. The average molecular weight is 215 g/mol. The molecule has 0 aliphatic carbocycles. The quantitative estimate of drug-likeness (QED) is 0.656. The van der Waals surface area contributed by atoms with Gasteiger partial charge in [0.05, 0.1) is 0 Å². The number of carbonyl (C=O) groups is 1. The highest BCUT2D eigenvalue weighted by molar-refractivity contribution is 7.99. The Morgan fingerprint density at radius 1 is 1.43 bits per heavy atom. The first-order valence-electron chi connectivity index (χ1n) is 5.57. The van der Waals surface area contributed by atoms with Gasteiger partial charge in [0.15, 0.2) is 0 Å². The molecular weight excluding hydrogens is 194 g/mol. The fraction of sp³-hybridized carbons (Fsp3) is 0.909. The van der Waals surface area contributed by atoms with Crippen LogP contribution < -0.4 is 0 Å². The summed E-state index contributed by atoms with van der Waals surface area (Å²) in [6.07, 6.45) is 2.79. The lowest BCUT2D eigenvalue weighted by Gasteiger charge is -2.31. The van der Waals surface area contributed by atoms with Crippen LogP contribution in [0.4, 0.5) is 0 Å². The molecule has 14 heavy (non-hydrogen) atoms. The van der Waals surface area contributed by atoms with Gasteiger partial charge < -0.3 is 0 Å². The van der Waals surface area contributed by atoms with Gasteiger partial charge in [0, 0.05) is 32.0 Å². The van der Waals surface area contributed by atoms with E-state index in [1.807, 2.05) is 11.8 Å². The number of carbonyl (C=O) groups excluding carboxylic acids is 1. The number of likely N-dealkylation sites (tertiary alicyclic amines) is 1. The molecule has 1 rings (SSSR count). The zero-order valence-corrected chi connectivity index (χ0v) is 10.1. The largest absolute Gasteiger partial charge is 0.300 e. The minimum absolute atomic E-state index is 0.441. The summed E-state index contributed by atoms with van der Waals surface area (Å²) in [6.45, 7) is 6.45. The van der Waals surface area contributed by atoms with Gasteiger partial charge in [-0.3, -0.25) is 9.69 Å². The molecule has 0 aromatic carbocycles. The summed E-state index contributed by atoms with van der Waals surface area (Å²) >= 11 is 2.01. The van der Waals surface area contributed by atoms with Gasteiger partial charge in [-0.1, -0.05) is 6.92 Å². The van der Waals surface area contributed by atoms with Crippen molar-refractivity contribution in [3.63, 3.8) is 0 Å². The predicted molar refractivity (Wildman–Crippen MR) is 62.9 cm³/mol. The van der Waals surface area contributed by atoms with Crippen molar-refractivity contribution in [2.75, 3.05) is 24.6 Å². The Morgan fingerprint density at radius 3 is 2.64 bits per heavy atom. The zero-order chi connectivity index (χ0) is 10.4. The summed E-state index contributed by atoms with van der Waals surface area (Å²) in [4.78, 5) is 13.5. The molecule has 1 aliphatic heterocycles. The van der Waals surface area contributed by atoms with Crippen molar-refractivity contribution in [1.82, 2.24) is 4.90 Å². The minimum Gasteiger partial charge on any atom is -0.300 e. The number of Topliss-reactive ketones (excluding diaryl/α,β-unsaturated/α-hetero) is 1. The van der Waals surface area contributed by atoms with Crippen LogP contribution in [-0.4, -0.2) is 41.3 Å². The summed E-state index contributed by atoms with van der Waals surface area (Å²) < 4.78 is 0. The van der Waals surface area contributed by atoms with Crippen LogP contribution in [0, 0.1) is 0 Å². The second-order valence-corrected chi connectivity index (χ2v) is 5.30. The molecule has 0 aromatic heterocycles. The van der Waals surface area contributed by atoms with E-state index in [4.69, 9.17) is 0 Å². The number of ketones is 1. The second kappa shape index (κ2) is 6.46. The molecule has 1 heterocycles. The Morgan fingerprint density at radius 2 is 2.07 bits per heavy atom. The van der Waals surface area contributed by atoms with Crippen LogP contribution in [0.15, 0.2) is 0 Å². The van der Waals surface area contributed by atoms with E-state index in [9.17, 15) is 4.79 Å². The van der Waals surface area contributed by atoms with E-state index in [1.165, 1.54) is 17.9 Å². The van der Waals surface area contributed by atoms with Crippen molar-refractivity contribution in [3.8, 4) is 0 Å². The van der Waals surface area contributed by atoms with Gasteiger partial charge >= 0.3 is 0 Å². The molecule has 3 heteroatoms. The Kier molecular flexibility index (Phi) is 5.56. The molecular formula is C11H21NOS. The van der Waals surface area contributed by atoms with Crippen molar-refractivity contribution < 1.29 is 4.79 Å². The first-order chi connectivity index (χ1) is 6.74. The number of hydrogen-bond acceptors (Lipinski definition) is 3. The number of nitrogens with zero attached hydrogens (tertiary/aromatic N) is 1. The number of rotatable bonds is 5. The molecule has 0 saturated carbocycles. The Hall–Kier alpha value is -0.0200. The first-order valence-corrected chi connectivity index (χ1v) is 6.73. The molecule has 0 amide bonds. The van der Waals surface area contributed by atoms with Gasteiger partial charge in [-0.2, -0.15) is 11.8 Å². The van der Waals surface area contributed by atoms with Crippen molar-refractivity contribution in [2.24, 2.45) is 0 Å². The van der Waals surface area contributed by atoms with E-state index in [1.54, 1.807) is 0 Å². The Balaban J connectivity index is 2.16. The number of piperidine rings is 1. The predicted octanol–water partition coefficient (Wildman–Crippen LogP) is 2.18. The lowest BCUT2D eigenvalue weighted by molar-refractivity contribution is -0.121. The maximum Gasteiger partial charge on any atom is 0.135 e. The van der Waals surface area contributed by atoms with Crippen molar-refractivity contribution in [3.05, 3.63) is 0 Å². The molecule has 0 N–H and O–H groups in total. The first kappa shape index (κ1) is 12.1. The van der Waals surface area contributed by atoms with Crippen LogP contribution in [0.2, 0.25) is 0 Å². The molecule has 1 atom stereocenters. The smallest absolute Gasteiger partial charge is 0.135 e. The van der Waals surface area contributed by atoms with Crippen LogP contribution in [0.5, 0.6) is 0 Å². The second-order valence-electron chi connectivity index (χ2n) is 3.91. The average Bonchev–Trinajstić information content (AvgIpc) is 2.19. The number of hydrogen-bond donors (Lipinski definition) is 0. The van der Waals surface area contributed by atoms with Gasteiger partial charge in [-0.05, 0) is 24.9 Å². The van der Waals surface area contributed by atoms with E-state index in [2.05, 4.69) is 18.7 Å². The van der Waals surface area contributed by atoms with Crippen LogP contribution >= 0.6 is 11.8 Å². The van der Waals surface area contributed by atoms with E-state index in [0.29, 0.717) is 11.8 Å². The molecule has 1 saturated heterocycles. The molecule has 0 aromatic rings. The highest BCUT2D eigenvalue weighted by Gasteiger charge is 2.19. The van der Waals surface area contributed by atoms with Gasteiger partial charge in [-0.15, -0.1) is 0 Å². The molecule has 82 valence electrons. The van der Waals surface area contributed by atoms with Crippen molar-refractivity contribution >= 4 is 17.5 Å². The van der Waals surface area contributed by atoms with E-state index < -0.39 is 0 Å². The van der Waals surface area contributed by atoms with Crippen molar-refractivity contribution in [2.45, 2.75) is 39.2 Å². The molecule has 0 radical (unpaired) electrons. The summed E-state index contributed by atoms with van der Waals surface area (Å²) in [7, 11) is 0. The monoisotopic (exact) mass is 215 g/mol. The summed E-state index contributed by atoms with van der Waals surface area (Å²) in [5.74, 6) is 2.91. The van der Waals surface area contributed by atoms with Crippen LogP contribution in [0.1, 0.15) is 33.1 Å². The number of thioether (sulfide) groups is 1. The molecule has 1 fully saturated rings. The highest BCUT2D eigenvalue weighted by atomic mass is 32.2. The zero-order valence-electron chi connectivity index (χ0n) is 9.29. The minimum atomic E-state index is 0.441. The molecule has 1 aliphatic rings. The van der Waals surface area contributed by atoms with Crippen molar-refractivity contribution in [1.29, 1.82) is 0 Å². The third-order valence-electron chi connectivity index (χ3n) is 2.86. The van der Waals surface area contributed by atoms with Crippen LogP contribution in [0.3, 0.4) is 0 Å². The standard InChI is InChI=1S/C11H21NOS/c1-3-14-9-6-10(2)12-7-4-11(13)5-8-12/h10H,3-9H2,1-2H3. The summed E-state index contributed by atoms with van der Waals surface area (Å²) in [6, 6.07) is 0.655. The third-order valence-corrected chi connectivity index (χ3v) is 3.80. The lowest BCUT2D eigenvalue weighted by Crippen LogP contribution is -2.40. The topological polar surface area (TPSA) is 20.3 Å². The third kappa shape index (κ3) is 4.01. The fourth-order valence-electron chi connectivity index (χ4n) is 1.79. The van der Waals surface area contributed by atoms with E-state index >= 15 is 0 Å². The molecule has 0 spiro atoms. The summed E-state index contributed by atoms with van der Waals surface area (Å²) in [5.41, 5.74) is 0. The molecule has 0 bridgehead atoms. The van der Waals surface area contributed by atoms with Crippen LogP contribution in [-0.2, 0) is 4.79 Å². The van der Waals surface area contributed by atoms with Gasteiger partial charge in [0.1, 0.15) is 5.78 Å². The maximum absolute atomic E-state index is 11.1. The Labute approximate surface area is 91.4 Å². The van der Waals surface area contributed by atoms with Gasteiger partial charge in [-0.25, -0.2) is 0 Å². The van der Waals surface area contributed by atoms with E-state index in [-0.39, 0.29) is 0 Å². The summed E-state index contributed by atoms with van der Waals surface area (Å²) in [5, 5.41) is 0. The normalized spacial score (nSPS) is 21.1. The van der Waals surface area contributed by atoms with Gasteiger partial charge in [0.2, 0.25) is 0 Å². The van der Waals surface area contributed by atoms with E-state index in [0.717, 1.165) is 25.9 Å². The fourth-order valence-corrected chi connectivity index (χ4v) is 2.59. The lowest BCUT2D eigenvalue weighted by atomic mass is 10.1. The Bertz CT molecular complexity index is 174. The molecule has 2 nitrogen and oxygen atoms in total. The SMILES string of the molecule is CCSCCC(C)N1CCC(=O)CC1. The maximum atomic E-state index is 11.1.